The molecule has 0 fully saturated rings. The van der Waals surface area contributed by atoms with Crippen molar-refractivity contribution in [3.8, 4) is 5.75 Å². The zero-order valence-electron chi connectivity index (χ0n) is 13.2. The van der Waals surface area contributed by atoms with Gasteiger partial charge in [-0.2, -0.15) is 0 Å². The third kappa shape index (κ3) is 3.30. The van der Waals surface area contributed by atoms with Gasteiger partial charge in [0.2, 0.25) is 0 Å². The van der Waals surface area contributed by atoms with Crippen molar-refractivity contribution in [2.75, 3.05) is 11.4 Å². The van der Waals surface area contributed by atoms with E-state index in [1.54, 1.807) is 4.90 Å². The summed E-state index contributed by atoms with van der Waals surface area (Å²) >= 11 is 0. The van der Waals surface area contributed by atoms with Gasteiger partial charge in [0.25, 0.3) is 5.91 Å². The summed E-state index contributed by atoms with van der Waals surface area (Å²) in [6.45, 7) is 2.27. The molecule has 2 aromatic rings. The van der Waals surface area contributed by atoms with Gasteiger partial charge in [0, 0.05) is 12.2 Å². The maximum atomic E-state index is 12.4. The molecular weight excluding hydrogens is 306 g/mol. The fourth-order valence-electron chi connectivity index (χ4n) is 2.68. The molecule has 0 aliphatic carbocycles. The van der Waals surface area contributed by atoms with Crippen molar-refractivity contribution in [1.82, 2.24) is 0 Å². The zero-order valence-corrected chi connectivity index (χ0v) is 13.2. The van der Waals surface area contributed by atoms with Crippen LogP contribution in [0.1, 0.15) is 17.2 Å². The number of ether oxygens (including phenoxy) is 1. The number of hydrogen-bond acceptors (Lipinski definition) is 3. The van der Waals surface area contributed by atoms with Crippen LogP contribution in [-0.2, 0) is 9.59 Å². The van der Waals surface area contributed by atoms with Gasteiger partial charge in [-0.15, -0.1) is 0 Å². The molecule has 0 radical (unpaired) electrons. The van der Waals surface area contributed by atoms with Crippen LogP contribution in [0, 0.1) is 6.92 Å². The molecule has 24 heavy (non-hydrogen) atoms. The molecule has 0 bridgehead atoms. The Morgan fingerprint density at radius 3 is 2.62 bits per heavy atom. The average Bonchev–Trinajstić information content (AvgIpc) is 2.59. The lowest BCUT2D eigenvalue weighted by Gasteiger charge is -2.34. The van der Waals surface area contributed by atoms with Gasteiger partial charge in [-0.05, 0) is 30.2 Å². The number of hydrogen-bond donors (Lipinski definition) is 1. The first-order chi connectivity index (χ1) is 11.5. The van der Waals surface area contributed by atoms with Crippen molar-refractivity contribution in [2.24, 2.45) is 0 Å². The number of aliphatic carboxylic acids is 1. The van der Waals surface area contributed by atoms with E-state index in [0.29, 0.717) is 18.0 Å². The van der Waals surface area contributed by atoms with Crippen LogP contribution in [0.15, 0.2) is 60.7 Å². The summed E-state index contributed by atoms with van der Waals surface area (Å²) in [5, 5.41) is 8.74. The number of anilines is 1. The SMILES string of the molecule is Cc1ccc2c(c1)OC(c1ccccc1)CN2C(=O)/C=C/C(=O)O. The Hall–Kier alpha value is -3.08. The van der Waals surface area contributed by atoms with E-state index in [9.17, 15) is 9.59 Å². The Balaban J connectivity index is 1.98. The van der Waals surface area contributed by atoms with Crippen LogP contribution >= 0.6 is 0 Å². The summed E-state index contributed by atoms with van der Waals surface area (Å²) in [7, 11) is 0. The minimum absolute atomic E-state index is 0.303. The number of aryl methyl sites for hydroxylation is 1. The van der Waals surface area contributed by atoms with E-state index in [-0.39, 0.29) is 12.0 Å². The molecule has 1 amide bonds. The van der Waals surface area contributed by atoms with Crippen molar-refractivity contribution in [1.29, 1.82) is 0 Å². The molecule has 1 aliphatic heterocycles. The number of benzene rings is 2. The van der Waals surface area contributed by atoms with Crippen molar-refractivity contribution >= 4 is 17.6 Å². The lowest BCUT2D eigenvalue weighted by molar-refractivity contribution is -0.131. The fraction of sp³-hybridized carbons (Fsp3) is 0.158. The van der Waals surface area contributed by atoms with Crippen molar-refractivity contribution in [2.45, 2.75) is 13.0 Å². The molecule has 1 heterocycles. The van der Waals surface area contributed by atoms with E-state index in [1.165, 1.54) is 0 Å². The van der Waals surface area contributed by atoms with Crippen LogP contribution in [0.2, 0.25) is 0 Å². The van der Waals surface area contributed by atoms with E-state index in [4.69, 9.17) is 9.84 Å². The molecule has 1 N–H and O–H groups in total. The lowest BCUT2D eigenvalue weighted by atomic mass is 10.1. The van der Waals surface area contributed by atoms with Crippen LogP contribution in [0.25, 0.3) is 0 Å². The van der Waals surface area contributed by atoms with Gasteiger partial charge < -0.3 is 14.7 Å². The van der Waals surface area contributed by atoms with Crippen molar-refractivity contribution in [3.63, 3.8) is 0 Å². The second kappa shape index (κ2) is 6.58. The second-order valence-corrected chi connectivity index (χ2v) is 5.61. The smallest absolute Gasteiger partial charge is 0.328 e. The number of carbonyl (C=O) groups is 2. The number of carboxylic acid groups (broad SMARTS) is 1. The number of rotatable bonds is 3. The summed E-state index contributed by atoms with van der Waals surface area (Å²) in [5.74, 6) is -0.917. The van der Waals surface area contributed by atoms with E-state index < -0.39 is 5.97 Å². The first-order valence-electron chi connectivity index (χ1n) is 7.59. The lowest BCUT2D eigenvalue weighted by Crippen LogP contribution is -2.39. The Labute approximate surface area is 139 Å². The van der Waals surface area contributed by atoms with Crippen molar-refractivity contribution < 1.29 is 19.4 Å². The van der Waals surface area contributed by atoms with Gasteiger partial charge in [0.15, 0.2) is 0 Å². The summed E-state index contributed by atoms with van der Waals surface area (Å²) in [4.78, 5) is 24.7. The highest BCUT2D eigenvalue weighted by atomic mass is 16.5. The number of amides is 1. The fourth-order valence-corrected chi connectivity index (χ4v) is 2.68. The maximum Gasteiger partial charge on any atom is 0.328 e. The average molecular weight is 323 g/mol. The molecular formula is C19H17NO4. The maximum absolute atomic E-state index is 12.4. The molecule has 0 saturated carbocycles. The zero-order chi connectivity index (χ0) is 17.1. The predicted octanol–water partition coefficient (Wildman–Crippen LogP) is 3.10. The molecule has 5 nitrogen and oxygen atoms in total. The molecule has 3 rings (SSSR count). The molecule has 1 unspecified atom stereocenters. The molecule has 0 aromatic heterocycles. The Morgan fingerprint density at radius 2 is 1.92 bits per heavy atom. The third-order valence-electron chi connectivity index (χ3n) is 3.83. The third-order valence-corrected chi connectivity index (χ3v) is 3.83. The summed E-state index contributed by atoms with van der Waals surface area (Å²) in [6, 6.07) is 15.2. The van der Waals surface area contributed by atoms with Crippen molar-refractivity contribution in [3.05, 3.63) is 71.8 Å². The molecule has 1 aliphatic rings. The van der Waals surface area contributed by atoms with E-state index in [1.807, 2.05) is 55.5 Å². The van der Waals surface area contributed by atoms with E-state index in [2.05, 4.69) is 0 Å². The largest absolute Gasteiger partial charge is 0.482 e. The van der Waals surface area contributed by atoms with Crippen LogP contribution in [0.4, 0.5) is 5.69 Å². The molecule has 122 valence electrons. The van der Waals surface area contributed by atoms with E-state index in [0.717, 1.165) is 23.3 Å². The Morgan fingerprint density at radius 1 is 1.17 bits per heavy atom. The van der Waals surface area contributed by atoms with Crippen LogP contribution in [-0.4, -0.2) is 23.5 Å². The molecule has 2 aromatic carbocycles. The quantitative estimate of drug-likeness (QED) is 0.882. The van der Waals surface area contributed by atoms with Gasteiger partial charge in [-0.1, -0.05) is 36.4 Å². The minimum atomic E-state index is -1.15. The van der Waals surface area contributed by atoms with Gasteiger partial charge in [0.1, 0.15) is 11.9 Å². The highest BCUT2D eigenvalue weighted by Crippen LogP contribution is 2.38. The summed E-state index contributed by atoms with van der Waals surface area (Å²) in [5.41, 5.74) is 2.63. The number of carboxylic acids is 1. The number of carbonyl (C=O) groups excluding carboxylic acids is 1. The highest BCUT2D eigenvalue weighted by Gasteiger charge is 2.29. The topological polar surface area (TPSA) is 66.8 Å². The first kappa shape index (κ1) is 15.8. The standard InChI is InChI=1S/C19H17NO4/c1-13-7-8-15-16(11-13)24-17(14-5-3-2-4-6-14)12-20(15)18(21)9-10-19(22)23/h2-11,17H,12H2,1H3,(H,22,23)/b10-9+. The van der Waals surface area contributed by atoms with Gasteiger partial charge in [0.05, 0.1) is 12.2 Å². The molecule has 5 heteroatoms. The first-order valence-corrected chi connectivity index (χ1v) is 7.59. The molecule has 0 spiro atoms. The minimum Gasteiger partial charge on any atom is -0.482 e. The predicted molar refractivity (Wildman–Crippen MR) is 90.1 cm³/mol. The number of fused-ring (bicyclic) bond motifs is 1. The van der Waals surface area contributed by atoms with Crippen LogP contribution < -0.4 is 9.64 Å². The number of nitrogens with zero attached hydrogens (tertiary/aromatic N) is 1. The van der Waals surface area contributed by atoms with Crippen LogP contribution in [0.3, 0.4) is 0 Å². The second-order valence-electron chi connectivity index (χ2n) is 5.61. The highest BCUT2D eigenvalue weighted by molar-refractivity contribution is 6.05. The molecule has 0 saturated heterocycles. The van der Waals surface area contributed by atoms with Gasteiger partial charge in [-0.25, -0.2) is 4.79 Å². The van der Waals surface area contributed by atoms with E-state index >= 15 is 0 Å². The Bertz CT molecular complexity index is 798. The summed E-state index contributed by atoms with van der Waals surface area (Å²) in [6.07, 6.45) is 1.62. The normalized spacial score (nSPS) is 16.5. The van der Waals surface area contributed by atoms with Crippen LogP contribution in [0.5, 0.6) is 5.75 Å². The van der Waals surface area contributed by atoms with Gasteiger partial charge >= 0.3 is 5.97 Å². The molecule has 1 atom stereocenters. The van der Waals surface area contributed by atoms with Gasteiger partial charge in [-0.3, -0.25) is 4.79 Å². The monoisotopic (exact) mass is 323 g/mol. The Kier molecular flexibility index (Phi) is 4.33. The summed E-state index contributed by atoms with van der Waals surface area (Å²) < 4.78 is 6.07.